The molecule has 7 nitrogen and oxygen atoms in total. The number of aromatic nitrogens is 2. The highest BCUT2D eigenvalue weighted by molar-refractivity contribution is 5.75. The number of carbonyl (C=O) groups is 1. The summed E-state index contributed by atoms with van der Waals surface area (Å²) in [5.41, 5.74) is 0.279. The summed E-state index contributed by atoms with van der Waals surface area (Å²) in [5.74, 6) is -0.294. The van der Waals surface area contributed by atoms with Crippen molar-refractivity contribution in [1.82, 2.24) is 9.97 Å². The van der Waals surface area contributed by atoms with Gasteiger partial charge in [0.2, 0.25) is 5.95 Å². The van der Waals surface area contributed by atoms with E-state index in [9.17, 15) is 15.0 Å². The van der Waals surface area contributed by atoms with Crippen molar-refractivity contribution in [2.45, 2.75) is 25.0 Å². The molecule has 1 saturated heterocycles. The lowest BCUT2D eigenvalue weighted by molar-refractivity contribution is -0.156. The Labute approximate surface area is 110 Å². The standard InChI is InChI=1S/C12H17N3O4/c1-19-11(18)10(17)9(16)8-6-13-12(14-7-8)15-4-2-3-5-15/h6-7,9-10,16-17H,2-5H2,1H3. The minimum atomic E-state index is -1.63. The molecule has 1 aliphatic rings. The Morgan fingerprint density at radius 3 is 2.42 bits per heavy atom. The lowest BCUT2D eigenvalue weighted by Crippen LogP contribution is -2.29. The van der Waals surface area contributed by atoms with E-state index in [0.29, 0.717) is 5.95 Å². The monoisotopic (exact) mass is 267 g/mol. The third-order valence-corrected chi connectivity index (χ3v) is 3.13. The van der Waals surface area contributed by atoms with Gasteiger partial charge in [-0.15, -0.1) is 0 Å². The molecule has 0 spiro atoms. The highest BCUT2D eigenvalue weighted by Gasteiger charge is 2.27. The van der Waals surface area contributed by atoms with Crippen LogP contribution in [0.1, 0.15) is 24.5 Å². The molecule has 0 radical (unpaired) electrons. The van der Waals surface area contributed by atoms with Crippen LogP contribution in [0.3, 0.4) is 0 Å². The third kappa shape index (κ3) is 2.99. The normalized spacial score (nSPS) is 18.2. The van der Waals surface area contributed by atoms with Crippen LogP contribution < -0.4 is 4.90 Å². The van der Waals surface area contributed by atoms with E-state index in [1.165, 1.54) is 12.4 Å². The van der Waals surface area contributed by atoms with Gasteiger partial charge in [-0.25, -0.2) is 14.8 Å². The lowest BCUT2D eigenvalue weighted by atomic mass is 10.1. The minimum absolute atomic E-state index is 0.279. The molecule has 1 aromatic rings. The molecule has 19 heavy (non-hydrogen) atoms. The van der Waals surface area contributed by atoms with E-state index in [2.05, 4.69) is 14.7 Å². The zero-order valence-corrected chi connectivity index (χ0v) is 10.7. The SMILES string of the molecule is COC(=O)C(O)C(O)c1cnc(N2CCCC2)nc1. The number of rotatable bonds is 4. The van der Waals surface area contributed by atoms with Gasteiger partial charge in [-0.1, -0.05) is 0 Å². The van der Waals surface area contributed by atoms with Gasteiger partial charge in [0.05, 0.1) is 7.11 Å². The van der Waals surface area contributed by atoms with Gasteiger partial charge in [-0.3, -0.25) is 0 Å². The van der Waals surface area contributed by atoms with E-state index in [1.54, 1.807) is 0 Å². The molecule has 2 heterocycles. The zero-order valence-electron chi connectivity index (χ0n) is 10.7. The average Bonchev–Trinajstić information content (AvgIpc) is 2.99. The Kier molecular flexibility index (Phi) is 4.28. The predicted octanol–water partition coefficient (Wildman–Crippen LogP) is -0.356. The van der Waals surface area contributed by atoms with Crippen LogP contribution in [0.15, 0.2) is 12.4 Å². The maximum Gasteiger partial charge on any atom is 0.337 e. The van der Waals surface area contributed by atoms with E-state index in [0.717, 1.165) is 33.0 Å². The first-order valence-electron chi connectivity index (χ1n) is 6.14. The van der Waals surface area contributed by atoms with E-state index in [-0.39, 0.29) is 5.56 Å². The number of hydrogen-bond donors (Lipinski definition) is 2. The van der Waals surface area contributed by atoms with Gasteiger partial charge in [0.15, 0.2) is 6.10 Å². The summed E-state index contributed by atoms with van der Waals surface area (Å²) in [7, 11) is 1.14. The Hall–Kier alpha value is -1.73. The number of hydrogen-bond acceptors (Lipinski definition) is 7. The van der Waals surface area contributed by atoms with Gasteiger partial charge >= 0.3 is 5.97 Å². The molecule has 0 aliphatic carbocycles. The molecule has 0 bridgehead atoms. The van der Waals surface area contributed by atoms with Gasteiger partial charge < -0.3 is 19.8 Å². The predicted molar refractivity (Wildman–Crippen MR) is 66.5 cm³/mol. The summed E-state index contributed by atoms with van der Waals surface area (Å²) in [6, 6.07) is 0. The summed E-state index contributed by atoms with van der Waals surface area (Å²) in [4.78, 5) is 21.5. The van der Waals surface area contributed by atoms with Gasteiger partial charge in [0, 0.05) is 31.0 Å². The number of carbonyl (C=O) groups excluding carboxylic acids is 1. The average molecular weight is 267 g/mol. The van der Waals surface area contributed by atoms with E-state index in [4.69, 9.17) is 0 Å². The summed E-state index contributed by atoms with van der Waals surface area (Å²) in [5, 5.41) is 19.3. The van der Waals surface area contributed by atoms with Crippen LogP contribution in [0.25, 0.3) is 0 Å². The van der Waals surface area contributed by atoms with Crippen molar-refractivity contribution in [3.8, 4) is 0 Å². The highest BCUT2D eigenvalue weighted by atomic mass is 16.5. The quantitative estimate of drug-likeness (QED) is 0.719. The second-order valence-corrected chi connectivity index (χ2v) is 4.42. The summed E-state index contributed by atoms with van der Waals surface area (Å²) in [6.45, 7) is 1.85. The number of aliphatic hydroxyl groups is 2. The molecule has 2 N–H and O–H groups in total. The van der Waals surface area contributed by atoms with Crippen LogP contribution in [-0.2, 0) is 9.53 Å². The third-order valence-electron chi connectivity index (χ3n) is 3.13. The van der Waals surface area contributed by atoms with Gasteiger partial charge in [0.25, 0.3) is 0 Å². The lowest BCUT2D eigenvalue weighted by Gasteiger charge is -2.17. The van der Waals surface area contributed by atoms with Crippen molar-refractivity contribution in [3.63, 3.8) is 0 Å². The first kappa shape index (κ1) is 13.7. The largest absolute Gasteiger partial charge is 0.467 e. The van der Waals surface area contributed by atoms with Gasteiger partial charge in [-0.05, 0) is 12.8 Å². The van der Waals surface area contributed by atoms with Crippen LogP contribution in [-0.4, -0.2) is 52.5 Å². The number of methoxy groups -OCH3 is 1. The van der Waals surface area contributed by atoms with Crippen molar-refractivity contribution in [2.75, 3.05) is 25.1 Å². The molecule has 2 unspecified atom stereocenters. The second-order valence-electron chi connectivity index (χ2n) is 4.42. The van der Waals surface area contributed by atoms with Gasteiger partial charge in [-0.2, -0.15) is 0 Å². The Bertz CT molecular complexity index is 431. The molecule has 1 aliphatic heterocycles. The van der Waals surface area contributed by atoms with Crippen LogP contribution in [0.5, 0.6) is 0 Å². The number of nitrogens with zero attached hydrogens (tertiary/aromatic N) is 3. The van der Waals surface area contributed by atoms with Crippen molar-refractivity contribution in [3.05, 3.63) is 18.0 Å². The van der Waals surface area contributed by atoms with Crippen molar-refractivity contribution >= 4 is 11.9 Å². The Morgan fingerprint density at radius 2 is 1.89 bits per heavy atom. The van der Waals surface area contributed by atoms with Crippen LogP contribution in [0, 0.1) is 0 Å². The smallest absolute Gasteiger partial charge is 0.337 e. The summed E-state index contributed by atoms with van der Waals surface area (Å²) in [6.07, 6.45) is 2.05. The number of esters is 1. The number of anilines is 1. The fourth-order valence-electron chi connectivity index (χ4n) is 2.00. The number of aliphatic hydroxyl groups excluding tert-OH is 2. The van der Waals surface area contributed by atoms with Crippen molar-refractivity contribution in [1.29, 1.82) is 0 Å². The molecule has 2 rings (SSSR count). The van der Waals surface area contributed by atoms with E-state index < -0.39 is 18.2 Å². The van der Waals surface area contributed by atoms with Crippen molar-refractivity contribution < 1.29 is 19.7 Å². The summed E-state index contributed by atoms with van der Waals surface area (Å²) < 4.78 is 4.36. The maximum atomic E-state index is 11.1. The molecule has 104 valence electrons. The van der Waals surface area contributed by atoms with Gasteiger partial charge in [0.1, 0.15) is 6.10 Å². The second kappa shape index (κ2) is 5.94. The molecule has 2 atom stereocenters. The van der Waals surface area contributed by atoms with Crippen molar-refractivity contribution in [2.24, 2.45) is 0 Å². The number of ether oxygens (including phenoxy) is 1. The molecule has 7 heteroatoms. The zero-order chi connectivity index (χ0) is 13.8. The van der Waals surface area contributed by atoms with E-state index in [1.807, 2.05) is 4.90 Å². The Balaban J connectivity index is 2.06. The molecule has 1 fully saturated rings. The first-order chi connectivity index (χ1) is 9.13. The topological polar surface area (TPSA) is 95.8 Å². The molecular weight excluding hydrogens is 250 g/mol. The molecule has 0 amide bonds. The van der Waals surface area contributed by atoms with E-state index >= 15 is 0 Å². The van der Waals surface area contributed by atoms with Crippen LogP contribution in [0.2, 0.25) is 0 Å². The van der Waals surface area contributed by atoms with Crippen LogP contribution >= 0.6 is 0 Å². The maximum absolute atomic E-state index is 11.1. The Morgan fingerprint density at radius 1 is 1.32 bits per heavy atom. The van der Waals surface area contributed by atoms with Crippen LogP contribution in [0.4, 0.5) is 5.95 Å². The fourth-order valence-corrected chi connectivity index (χ4v) is 2.00. The summed E-state index contributed by atoms with van der Waals surface area (Å²) >= 11 is 0. The first-order valence-corrected chi connectivity index (χ1v) is 6.14. The highest BCUT2D eigenvalue weighted by Crippen LogP contribution is 2.19. The minimum Gasteiger partial charge on any atom is -0.467 e. The molecule has 1 aromatic heterocycles. The molecule has 0 aromatic carbocycles. The molecule has 0 saturated carbocycles. The molecular formula is C12H17N3O4. The fraction of sp³-hybridized carbons (Fsp3) is 0.583.